The maximum Gasteiger partial charge on any atom is 0.343 e. The monoisotopic (exact) mass is 894 g/mol. The Kier molecular flexibility index (Phi) is 16.4. The van der Waals surface area contributed by atoms with E-state index < -0.39 is 84.8 Å². The highest BCUT2D eigenvalue weighted by Crippen LogP contribution is 2.25. The topological polar surface area (TPSA) is 136 Å². The third-order valence-corrected chi connectivity index (χ3v) is 36.9. The number of hydrogen-bond donors (Lipinski definition) is 0. The van der Waals surface area contributed by atoms with Gasteiger partial charge in [0, 0.05) is 0 Å². The molecule has 21 heteroatoms. The fourth-order valence-corrected chi connectivity index (χ4v) is 35.9. The molecule has 4 atom stereocenters. The Bertz CT molecular complexity index is 1660. The Labute approximate surface area is 337 Å². The maximum atomic E-state index is 12.9. The summed E-state index contributed by atoms with van der Waals surface area (Å²) >= 11 is 0. The Hall–Kier alpha value is -2.18. The van der Waals surface area contributed by atoms with Crippen LogP contribution in [-0.4, -0.2) is 91.4 Å². The molecule has 5 rings (SSSR count). The van der Waals surface area contributed by atoms with Gasteiger partial charge in [0.05, 0.1) is 17.7 Å². The molecule has 300 valence electrons. The average Bonchev–Trinajstić information content (AvgIpc) is 3.09. The number of carbonyl (C=O) groups is 2. The van der Waals surface area contributed by atoms with Crippen LogP contribution in [0.25, 0.3) is 0 Å². The Morgan fingerprint density at radius 2 is 0.873 bits per heavy atom. The van der Waals surface area contributed by atoms with E-state index in [-0.39, 0.29) is 0 Å². The molecule has 4 unspecified atom stereocenters. The van der Waals surface area contributed by atoms with Crippen LogP contribution in [0.15, 0.2) is 72.8 Å². The molecule has 3 aromatic rings. The van der Waals surface area contributed by atoms with Crippen LogP contribution >= 0.6 is 0 Å². The molecule has 13 nitrogen and oxygen atoms in total. The van der Waals surface area contributed by atoms with E-state index in [1.807, 2.05) is 51.4 Å². The summed E-state index contributed by atoms with van der Waals surface area (Å²) in [6, 6.07) is 22.2. The summed E-state index contributed by atoms with van der Waals surface area (Å²) in [5.41, 5.74) is 1.87. The van der Waals surface area contributed by atoms with Gasteiger partial charge in [0.25, 0.3) is 55.7 Å². The summed E-state index contributed by atoms with van der Waals surface area (Å²) < 4.78 is 66.5. The molecule has 0 aliphatic carbocycles. The smallest absolute Gasteiger partial charge is 0.343 e. The van der Waals surface area contributed by atoms with E-state index in [0.29, 0.717) is 35.0 Å². The van der Waals surface area contributed by atoms with Crippen LogP contribution in [0.5, 0.6) is 17.2 Å². The van der Waals surface area contributed by atoms with Crippen LogP contribution in [-0.2, 0) is 39.3 Å². The summed E-state index contributed by atoms with van der Waals surface area (Å²) in [5, 5.41) is 0. The molecular weight excluding hydrogens is 841 g/mol. The van der Waals surface area contributed by atoms with Gasteiger partial charge in [-0.2, -0.15) is 0 Å². The van der Waals surface area contributed by atoms with Gasteiger partial charge >= 0.3 is 29.1 Å². The van der Waals surface area contributed by atoms with Crippen molar-refractivity contribution in [1.82, 2.24) is 0 Å². The Morgan fingerprint density at radius 3 is 1.31 bits per heavy atom. The number of benzene rings is 3. The number of esters is 2. The van der Waals surface area contributed by atoms with Crippen molar-refractivity contribution < 1.29 is 56.7 Å². The largest absolute Gasteiger partial charge is 0.494 e. The zero-order valence-corrected chi connectivity index (χ0v) is 41.9. The minimum Gasteiger partial charge on any atom is -0.494 e. The second kappa shape index (κ2) is 20.5. The second-order valence-corrected chi connectivity index (χ2v) is 34.4. The standard InChI is InChI=1S/C34H54O13Si8/c1-48-40-50(3)44-54(7,45-51(4)41-48)25-9-11-27-12-14-28(15-13-27)33(35)38-31-18-16-29(17-19-31)34(36)39-32-22-20-30(21-23-32)37-24-10-26-55(8)46-52(5)42-49(2)43-53(6)47-55/h12-23,48-53H,9-11,24-26H2,1-8H3. The molecule has 2 aliphatic heterocycles. The summed E-state index contributed by atoms with van der Waals surface area (Å²) in [5.74, 6) is 0.353. The highest BCUT2D eigenvalue weighted by molar-refractivity contribution is 6.82. The van der Waals surface area contributed by atoms with E-state index in [2.05, 4.69) is 13.1 Å². The predicted octanol–water partition coefficient (Wildman–Crippen LogP) is 5.23. The van der Waals surface area contributed by atoms with Crippen LogP contribution in [0.1, 0.15) is 39.1 Å². The van der Waals surface area contributed by atoms with Crippen molar-refractivity contribution in [2.75, 3.05) is 6.61 Å². The van der Waals surface area contributed by atoms with Crippen LogP contribution in [0, 0.1) is 0 Å². The fourth-order valence-electron chi connectivity index (χ4n) is 6.55. The van der Waals surface area contributed by atoms with Crippen molar-refractivity contribution in [1.29, 1.82) is 0 Å². The summed E-state index contributed by atoms with van der Waals surface area (Å²) in [7, 11) is -15.2. The zero-order chi connectivity index (χ0) is 39.6. The first kappa shape index (κ1) is 43.9. The molecule has 0 N–H and O–H groups in total. The third-order valence-electron chi connectivity index (χ3n) is 8.86. The quantitative estimate of drug-likeness (QED) is 0.0961. The van der Waals surface area contributed by atoms with Gasteiger partial charge < -0.3 is 47.1 Å². The van der Waals surface area contributed by atoms with Gasteiger partial charge in [-0.15, -0.1) is 0 Å². The average molecular weight is 895 g/mol. The minimum atomic E-state index is -2.39. The van der Waals surface area contributed by atoms with Crippen LogP contribution in [0.3, 0.4) is 0 Å². The summed E-state index contributed by atoms with van der Waals surface area (Å²) in [4.78, 5) is 25.7. The molecule has 0 aromatic heterocycles. The molecule has 3 aromatic carbocycles. The minimum absolute atomic E-state index is 0.320. The van der Waals surface area contributed by atoms with Crippen LogP contribution in [0.4, 0.5) is 0 Å². The first-order chi connectivity index (χ1) is 26.2. The zero-order valence-electron chi connectivity index (χ0n) is 32.9. The molecule has 2 heterocycles. The van der Waals surface area contributed by atoms with Crippen LogP contribution in [0.2, 0.25) is 64.5 Å². The normalized spacial score (nSPS) is 28.9. The molecule has 0 amide bonds. The molecule has 0 radical (unpaired) electrons. The van der Waals surface area contributed by atoms with E-state index in [1.54, 1.807) is 60.7 Å². The number of hydrogen-bond acceptors (Lipinski definition) is 13. The van der Waals surface area contributed by atoms with Crippen molar-refractivity contribution >= 4 is 84.8 Å². The van der Waals surface area contributed by atoms with Gasteiger partial charge in [-0.05, 0) is 150 Å². The lowest BCUT2D eigenvalue weighted by atomic mass is 10.1. The van der Waals surface area contributed by atoms with Gasteiger partial charge in [-0.1, -0.05) is 12.1 Å². The lowest BCUT2D eigenvalue weighted by molar-refractivity contribution is 0.0730. The van der Waals surface area contributed by atoms with Gasteiger partial charge in [-0.3, -0.25) is 0 Å². The number of aryl methyl sites for hydroxylation is 1. The predicted molar refractivity (Wildman–Crippen MR) is 227 cm³/mol. The first-order valence-corrected chi connectivity index (χ1v) is 36.5. The van der Waals surface area contributed by atoms with Gasteiger partial charge in [-0.25, -0.2) is 9.59 Å². The number of carbonyl (C=O) groups excluding carboxylic acids is 2. The van der Waals surface area contributed by atoms with Crippen LogP contribution < -0.4 is 14.2 Å². The molecule has 0 bridgehead atoms. The molecule has 0 saturated carbocycles. The van der Waals surface area contributed by atoms with Gasteiger partial charge in [0.2, 0.25) is 0 Å². The van der Waals surface area contributed by atoms with E-state index in [9.17, 15) is 9.59 Å². The number of rotatable bonds is 13. The third kappa shape index (κ3) is 14.3. The molecule has 0 spiro atoms. The molecule has 55 heavy (non-hydrogen) atoms. The Morgan fingerprint density at radius 1 is 0.509 bits per heavy atom. The highest BCUT2D eigenvalue weighted by Gasteiger charge is 2.40. The number of ether oxygens (including phenoxy) is 3. The van der Waals surface area contributed by atoms with E-state index in [1.165, 1.54) is 0 Å². The SMILES string of the molecule is C[SiH]1O[SiH](C)O[Si](C)(CCCOc2ccc(OC(=O)c3ccc(OC(=O)c4ccc(CCC[Si]5(C)O[SiH](C)O[SiH](C)O[SiH](C)O5)cc4)cc3)cc2)O[SiH](C)O1. The summed E-state index contributed by atoms with van der Waals surface area (Å²) in [6.07, 6.45) is 2.51. The highest BCUT2D eigenvalue weighted by atomic mass is 28.5. The second-order valence-electron chi connectivity index (χ2n) is 14.0. The van der Waals surface area contributed by atoms with Crippen molar-refractivity contribution in [3.8, 4) is 17.2 Å². The molecular formula is C34H54O13Si8. The van der Waals surface area contributed by atoms with Gasteiger partial charge in [0.1, 0.15) is 17.2 Å². The first-order valence-electron chi connectivity index (χ1n) is 18.9. The van der Waals surface area contributed by atoms with Crippen molar-refractivity contribution in [3.63, 3.8) is 0 Å². The fraction of sp³-hybridized carbons (Fsp3) is 0.412. The van der Waals surface area contributed by atoms with Gasteiger partial charge in [0.15, 0.2) is 0 Å². The Balaban J connectivity index is 1.02. The summed E-state index contributed by atoms with van der Waals surface area (Å²) in [6.45, 7) is 16.9. The lowest BCUT2D eigenvalue weighted by Gasteiger charge is -2.37. The molecule has 2 saturated heterocycles. The van der Waals surface area contributed by atoms with E-state index in [0.717, 1.165) is 36.9 Å². The van der Waals surface area contributed by atoms with E-state index in [4.69, 9.17) is 47.1 Å². The molecule has 2 aliphatic rings. The molecule has 2 fully saturated rings. The lowest BCUT2D eigenvalue weighted by Crippen LogP contribution is -2.53. The van der Waals surface area contributed by atoms with Crippen molar-refractivity contribution in [3.05, 3.63) is 89.5 Å². The van der Waals surface area contributed by atoms with E-state index >= 15 is 0 Å². The van der Waals surface area contributed by atoms with Crippen molar-refractivity contribution in [2.45, 2.75) is 83.7 Å². The maximum absolute atomic E-state index is 12.9. The van der Waals surface area contributed by atoms with Crippen molar-refractivity contribution in [2.24, 2.45) is 0 Å².